The maximum Gasteiger partial charge on any atom is 0.335 e. The summed E-state index contributed by atoms with van der Waals surface area (Å²) in [6.45, 7) is 0.830. The summed E-state index contributed by atoms with van der Waals surface area (Å²) in [5, 5.41) is 13.8. The van der Waals surface area contributed by atoms with Crippen LogP contribution < -0.4 is 10.6 Å². The number of aromatic carboxylic acids is 1. The average Bonchev–Trinajstić information content (AvgIpc) is 2.76. The zero-order valence-electron chi connectivity index (χ0n) is 9.67. The number of hydrogen-bond donors (Lipinski definition) is 4. The number of hydrogen-bond acceptors (Lipinski definition) is 3. The van der Waals surface area contributed by atoms with Crippen LogP contribution in [0.15, 0.2) is 24.3 Å². The minimum absolute atomic E-state index is 0.103. The molecule has 1 aromatic rings. The summed E-state index contributed by atoms with van der Waals surface area (Å²) < 4.78 is 0. The van der Waals surface area contributed by atoms with Gasteiger partial charge in [0.2, 0.25) is 0 Å². The van der Waals surface area contributed by atoms with Crippen molar-refractivity contribution in [2.75, 3.05) is 11.9 Å². The van der Waals surface area contributed by atoms with Gasteiger partial charge in [-0.25, -0.2) is 4.79 Å². The molecule has 0 aliphatic carbocycles. The molecule has 1 aliphatic rings. The van der Waals surface area contributed by atoms with Crippen molar-refractivity contribution in [2.24, 2.45) is 0 Å². The van der Waals surface area contributed by atoms with Gasteiger partial charge >= 0.3 is 5.97 Å². The Morgan fingerprint density at radius 3 is 2.83 bits per heavy atom. The largest absolute Gasteiger partial charge is 0.478 e. The van der Waals surface area contributed by atoms with Gasteiger partial charge in [-0.2, -0.15) is 12.6 Å². The van der Waals surface area contributed by atoms with E-state index in [9.17, 15) is 9.59 Å². The first-order valence-electron chi connectivity index (χ1n) is 5.72. The van der Waals surface area contributed by atoms with Crippen LogP contribution in [0.3, 0.4) is 0 Å². The zero-order valence-corrected chi connectivity index (χ0v) is 10.6. The van der Waals surface area contributed by atoms with Gasteiger partial charge in [0.25, 0.3) is 5.91 Å². The number of nitrogens with two attached hydrogens (primary N) is 1. The summed E-state index contributed by atoms with van der Waals surface area (Å²) in [5.41, 5.74) is 0.672. The molecule has 1 amide bonds. The summed E-state index contributed by atoms with van der Waals surface area (Å²) in [5.74, 6) is -1.11. The molecule has 5 nitrogen and oxygen atoms in total. The van der Waals surface area contributed by atoms with E-state index in [0.29, 0.717) is 5.69 Å². The van der Waals surface area contributed by atoms with Crippen molar-refractivity contribution in [1.82, 2.24) is 0 Å². The zero-order chi connectivity index (χ0) is 13.1. The average molecular weight is 267 g/mol. The molecule has 0 bridgehead atoms. The Morgan fingerprint density at radius 1 is 1.44 bits per heavy atom. The second kappa shape index (κ2) is 5.41. The molecular formula is C12H15N2O3S+. The third-order valence-electron chi connectivity index (χ3n) is 2.93. The van der Waals surface area contributed by atoms with Crippen LogP contribution in [0.5, 0.6) is 0 Å². The summed E-state index contributed by atoms with van der Waals surface area (Å²) in [7, 11) is 0. The number of anilines is 1. The van der Waals surface area contributed by atoms with Gasteiger partial charge in [-0.05, 0) is 18.2 Å². The summed E-state index contributed by atoms with van der Waals surface area (Å²) in [4.78, 5) is 22.7. The van der Waals surface area contributed by atoms with E-state index in [1.54, 1.807) is 12.1 Å². The highest BCUT2D eigenvalue weighted by Crippen LogP contribution is 2.13. The molecule has 1 saturated heterocycles. The van der Waals surface area contributed by atoms with Gasteiger partial charge in [-0.15, -0.1) is 0 Å². The molecular weight excluding hydrogens is 252 g/mol. The Kier molecular flexibility index (Phi) is 3.88. The maximum atomic E-state index is 11.9. The van der Waals surface area contributed by atoms with Gasteiger partial charge in [0, 0.05) is 12.1 Å². The van der Waals surface area contributed by atoms with Crippen LogP contribution in [0.2, 0.25) is 0 Å². The first kappa shape index (κ1) is 12.9. The summed E-state index contributed by atoms with van der Waals surface area (Å²) in [6, 6.07) is 6.09. The lowest BCUT2D eigenvalue weighted by atomic mass is 10.2. The Hall–Kier alpha value is -1.53. The fourth-order valence-electron chi connectivity index (χ4n) is 1.99. The highest BCUT2D eigenvalue weighted by atomic mass is 32.1. The molecule has 18 heavy (non-hydrogen) atoms. The molecule has 1 heterocycles. The van der Waals surface area contributed by atoms with Crippen molar-refractivity contribution in [3.8, 4) is 0 Å². The molecule has 96 valence electrons. The molecule has 1 fully saturated rings. The number of carbonyl (C=O) groups excluding carboxylic acids is 1. The number of nitrogens with one attached hydrogen (secondary N) is 1. The number of amides is 1. The normalized spacial score (nSPS) is 22.7. The van der Waals surface area contributed by atoms with E-state index in [1.165, 1.54) is 12.1 Å². The molecule has 6 heteroatoms. The molecule has 0 aromatic heterocycles. The number of rotatable bonds is 3. The van der Waals surface area contributed by atoms with Gasteiger partial charge in [0.15, 0.2) is 6.04 Å². The molecule has 0 radical (unpaired) electrons. The van der Waals surface area contributed by atoms with Crippen molar-refractivity contribution in [2.45, 2.75) is 17.7 Å². The Balaban J connectivity index is 2.03. The van der Waals surface area contributed by atoms with Crippen molar-refractivity contribution in [1.29, 1.82) is 0 Å². The number of carboxylic acids is 1. The molecule has 2 atom stereocenters. The van der Waals surface area contributed by atoms with E-state index in [1.807, 2.05) is 5.32 Å². The Bertz CT molecular complexity index is 478. The van der Waals surface area contributed by atoms with Crippen molar-refractivity contribution in [3.63, 3.8) is 0 Å². The van der Waals surface area contributed by atoms with E-state index >= 15 is 0 Å². The molecule has 0 unspecified atom stereocenters. The minimum Gasteiger partial charge on any atom is -0.478 e. The van der Waals surface area contributed by atoms with Crippen LogP contribution in [0, 0.1) is 0 Å². The molecule has 0 saturated carbocycles. The van der Waals surface area contributed by atoms with E-state index in [-0.39, 0.29) is 22.8 Å². The first-order chi connectivity index (χ1) is 8.56. The third kappa shape index (κ3) is 3.02. The van der Waals surface area contributed by atoms with Gasteiger partial charge in [0.1, 0.15) is 0 Å². The van der Waals surface area contributed by atoms with Crippen molar-refractivity contribution >= 4 is 30.2 Å². The van der Waals surface area contributed by atoms with Crippen LogP contribution >= 0.6 is 12.6 Å². The van der Waals surface area contributed by atoms with Gasteiger partial charge < -0.3 is 15.7 Å². The number of carboxylic acid groups (broad SMARTS) is 1. The second-order valence-electron chi connectivity index (χ2n) is 4.34. The summed E-state index contributed by atoms with van der Waals surface area (Å²) >= 11 is 4.33. The van der Waals surface area contributed by atoms with E-state index in [0.717, 1.165) is 13.0 Å². The monoisotopic (exact) mass is 267 g/mol. The molecule has 0 spiro atoms. The first-order valence-corrected chi connectivity index (χ1v) is 6.23. The number of benzene rings is 1. The number of carbonyl (C=O) groups is 2. The van der Waals surface area contributed by atoms with Crippen LogP contribution in [0.25, 0.3) is 0 Å². The molecule has 1 aliphatic heterocycles. The smallest absolute Gasteiger partial charge is 0.335 e. The predicted molar refractivity (Wildman–Crippen MR) is 70.0 cm³/mol. The van der Waals surface area contributed by atoms with Crippen LogP contribution in [-0.2, 0) is 4.79 Å². The van der Waals surface area contributed by atoms with E-state index in [2.05, 4.69) is 17.9 Å². The lowest BCUT2D eigenvalue weighted by Crippen LogP contribution is -2.89. The second-order valence-corrected chi connectivity index (χ2v) is 5.07. The highest BCUT2D eigenvalue weighted by Gasteiger charge is 2.31. The number of thiol groups is 1. The van der Waals surface area contributed by atoms with Crippen molar-refractivity contribution < 1.29 is 20.0 Å². The quantitative estimate of drug-likeness (QED) is 0.580. The predicted octanol–water partition coefficient (Wildman–Crippen LogP) is -0.0426. The molecule has 4 N–H and O–H groups in total. The Labute approximate surface area is 110 Å². The number of quaternary nitrogens is 1. The van der Waals surface area contributed by atoms with Gasteiger partial charge in [-0.1, -0.05) is 6.07 Å². The lowest BCUT2D eigenvalue weighted by Gasteiger charge is -2.09. The SMILES string of the molecule is O=C(O)c1cccc(NC(=O)[C@@H]2C[C@H](S)C[NH2+]2)c1. The lowest BCUT2D eigenvalue weighted by molar-refractivity contribution is -0.656. The van der Waals surface area contributed by atoms with Gasteiger partial charge in [0.05, 0.1) is 17.4 Å². The van der Waals surface area contributed by atoms with Crippen molar-refractivity contribution in [3.05, 3.63) is 29.8 Å². The van der Waals surface area contributed by atoms with E-state index < -0.39 is 5.97 Å². The van der Waals surface area contributed by atoms with Gasteiger partial charge in [-0.3, -0.25) is 4.79 Å². The molecule has 1 aromatic carbocycles. The third-order valence-corrected chi connectivity index (χ3v) is 3.35. The standard InChI is InChI=1S/C12H14N2O3S/c15-11(10-5-9(18)6-13-10)14-8-3-1-2-7(4-8)12(16)17/h1-4,9-10,13,18H,5-6H2,(H,14,15)(H,16,17)/p+1/t9-,10-/m0/s1. The highest BCUT2D eigenvalue weighted by molar-refractivity contribution is 7.81. The molecule has 2 rings (SSSR count). The fraction of sp³-hybridized carbons (Fsp3) is 0.333. The van der Waals surface area contributed by atoms with Crippen LogP contribution in [0.1, 0.15) is 16.8 Å². The maximum absolute atomic E-state index is 11.9. The van der Waals surface area contributed by atoms with E-state index in [4.69, 9.17) is 5.11 Å². The van der Waals surface area contributed by atoms with Crippen LogP contribution in [-0.4, -0.2) is 34.8 Å². The topological polar surface area (TPSA) is 83.0 Å². The van der Waals surface area contributed by atoms with Crippen LogP contribution in [0.4, 0.5) is 5.69 Å². The Morgan fingerprint density at radius 2 is 2.22 bits per heavy atom. The summed E-state index contributed by atoms with van der Waals surface area (Å²) in [6.07, 6.45) is 0.730. The fourth-order valence-corrected chi connectivity index (χ4v) is 2.33. The minimum atomic E-state index is -1.01.